The van der Waals surface area contributed by atoms with Gasteiger partial charge in [0.05, 0.1) is 17.1 Å². The van der Waals surface area contributed by atoms with Gasteiger partial charge >= 0.3 is 0 Å². The van der Waals surface area contributed by atoms with Crippen LogP contribution in [0.5, 0.6) is 0 Å². The predicted octanol–water partition coefficient (Wildman–Crippen LogP) is 0.658. The molecule has 0 unspecified atom stereocenters. The van der Waals surface area contributed by atoms with Crippen LogP contribution in [0.15, 0.2) is 30.6 Å². The zero-order chi connectivity index (χ0) is 18.8. The molecule has 0 aliphatic carbocycles. The standard InChI is InChI=1S/C16H18N8O2/c1-10-13(14(19-23(10)4)16(26)22(2)3)18-15(25)11-6-5-7-12(8-11)24-9-17-20-21-24/h5-9H,1-4H3,(H,18,25). The Labute approximate surface area is 149 Å². The first kappa shape index (κ1) is 17.3. The lowest BCUT2D eigenvalue weighted by Gasteiger charge is -2.11. The van der Waals surface area contributed by atoms with Crippen molar-refractivity contribution in [2.45, 2.75) is 6.92 Å². The molecule has 1 aromatic carbocycles. The Morgan fingerprint density at radius 2 is 2.00 bits per heavy atom. The first-order chi connectivity index (χ1) is 12.4. The van der Waals surface area contributed by atoms with Crippen molar-refractivity contribution in [1.29, 1.82) is 0 Å². The zero-order valence-electron chi connectivity index (χ0n) is 14.8. The Kier molecular flexibility index (Phi) is 4.48. The van der Waals surface area contributed by atoms with Crippen LogP contribution < -0.4 is 5.32 Å². The fraction of sp³-hybridized carbons (Fsp3) is 0.250. The molecule has 0 radical (unpaired) electrons. The second-order valence-electron chi connectivity index (χ2n) is 5.89. The molecule has 0 saturated carbocycles. The summed E-state index contributed by atoms with van der Waals surface area (Å²) in [4.78, 5) is 26.5. The van der Waals surface area contributed by atoms with E-state index in [0.29, 0.717) is 22.6 Å². The lowest BCUT2D eigenvalue weighted by molar-refractivity contribution is 0.0822. The molecule has 3 aromatic rings. The molecule has 2 aromatic heterocycles. The van der Waals surface area contributed by atoms with Gasteiger partial charge < -0.3 is 10.2 Å². The molecule has 1 N–H and O–H groups in total. The van der Waals surface area contributed by atoms with Gasteiger partial charge in [0, 0.05) is 26.7 Å². The summed E-state index contributed by atoms with van der Waals surface area (Å²) >= 11 is 0. The van der Waals surface area contributed by atoms with Gasteiger partial charge in [-0.1, -0.05) is 6.07 Å². The maximum absolute atomic E-state index is 12.7. The monoisotopic (exact) mass is 354 g/mol. The second-order valence-corrected chi connectivity index (χ2v) is 5.89. The third kappa shape index (κ3) is 3.16. The van der Waals surface area contributed by atoms with E-state index < -0.39 is 0 Å². The van der Waals surface area contributed by atoms with Crippen LogP contribution in [0.3, 0.4) is 0 Å². The van der Waals surface area contributed by atoms with Gasteiger partial charge in [0.1, 0.15) is 6.33 Å². The second kappa shape index (κ2) is 6.75. The Balaban J connectivity index is 1.92. The summed E-state index contributed by atoms with van der Waals surface area (Å²) < 4.78 is 3.01. The fourth-order valence-electron chi connectivity index (χ4n) is 2.37. The van der Waals surface area contributed by atoms with E-state index in [1.54, 1.807) is 57.0 Å². The minimum absolute atomic E-state index is 0.194. The SMILES string of the molecule is Cc1c(NC(=O)c2cccc(-n3cnnn3)c2)c(C(=O)N(C)C)nn1C. The molecule has 0 saturated heterocycles. The first-order valence-corrected chi connectivity index (χ1v) is 7.78. The molecule has 26 heavy (non-hydrogen) atoms. The topological polar surface area (TPSA) is 111 Å². The van der Waals surface area contributed by atoms with Crippen molar-refractivity contribution in [2.75, 3.05) is 19.4 Å². The average Bonchev–Trinajstić information content (AvgIpc) is 3.25. The molecule has 134 valence electrons. The molecule has 3 rings (SSSR count). The largest absolute Gasteiger partial charge is 0.343 e. The van der Waals surface area contributed by atoms with Gasteiger partial charge in [-0.05, 0) is 35.5 Å². The number of carbonyl (C=O) groups excluding carboxylic acids is 2. The molecular formula is C16H18N8O2. The van der Waals surface area contributed by atoms with E-state index in [4.69, 9.17) is 0 Å². The Hall–Kier alpha value is -3.56. The van der Waals surface area contributed by atoms with E-state index in [-0.39, 0.29) is 17.5 Å². The molecule has 0 bridgehead atoms. The number of nitrogens with zero attached hydrogens (tertiary/aromatic N) is 7. The van der Waals surface area contributed by atoms with E-state index in [1.165, 1.54) is 15.9 Å². The van der Waals surface area contributed by atoms with Crippen molar-refractivity contribution in [2.24, 2.45) is 7.05 Å². The predicted molar refractivity (Wildman–Crippen MR) is 93.1 cm³/mol. The van der Waals surface area contributed by atoms with Gasteiger partial charge in [0.25, 0.3) is 11.8 Å². The van der Waals surface area contributed by atoms with E-state index in [1.807, 2.05) is 0 Å². The van der Waals surface area contributed by atoms with Gasteiger partial charge in [-0.15, -0.1) is 5.10 Å². The summed E-state index contributed by atoms with van der Waals surface area (Å²) in [6.45, 7) is 1.78. The highest BCUT2D eigenvalue weighted by Gasteiger charge is 2.23. The van der Waals surface area contributed by atoms with Crippen molar-refractivity contribution in [3.8, 4) is 5.69 Å². The molecule has 2 heterocycles. The maximum atomic E-state index is 12.7. The zero-order valence-corrected chi connectivity index (χ0v) is 14.8. The lowest BCUT2D eigenvalue weighted by atomic mass is 10.1. The summed E-state index contributed by atoms with van der Waals surface area (Å²) in [5.74, 6) is -0.643. The van der Waals surface area contributed by atoms with Crippen molar-refractivity contribution >= 4 is 17.5 Å². The maximum Gasteiger partial charge on any atom is 0.276 e. The molecular weight excluding hydrogens is 336 g/mol. The Bertz CT molecular complexity index is 959. The molecule has 0 aliphatic rings. The molecule has 2 amide bonds. The van der Waals surface area contributed by atoms with Crippen LogP contribution in [0.2, 0.25) is 0 Å². The van der Waals surface area contributed by atoms with Gasteiger partial charge in [-0.3, -0.25) is 14.3 Å². The van der Waals surface area contributed by atoms with Crippen LogP contribution in [0.25, 0.3) is 5.69 Å². The number of rotatable bonds is 4. The van der Waals surface area contributed by atoms with Gasteiger partial charge in [0.15, 0.2) is 5.69 Å². The van der Waals surface area contributed by atoms with Crippen LogP contribution >= 0.6 is 0 Å². The number of aryl methyl sites for hydroxylation is 1. The van der Waals surface area contributed by atoms with Crippen LogP contribution in [0.1, 0.15) is 26.5 Å². The molecule has 0 atom stereocenters. The number of hydrogen-bond acceptors (Lipinski definition) is 6. The summed E-state index contributed by atoms with van der Waals surface area (Å²) in [5.41, 5.74) is 2.32. The molecule has 0 spiro atoms. The normalized spacial score (nSPS) is 10.6. The Morgan fingerprint density at radius 3 is 2.65 bits per heavy atom. The van der Waals surface area contributed by atoms with Crippen LogP contribution in [0.4, 0.5) is 5.69 Å². The van der Waals surface area contributed by atoms with Gasteiger partial charge in [-0.2, -0.15) is 5.10 Å². The summed E-state index contributed by atoms with van der Waals surface area (Å²) in [6, 6.07) is 6.84. The number of carbonyl (C=O) groups is 2. The number of anilines is 1. The molecule has 0 aliphatic heterocycles. The summed E-state index contributed by atoms with van der Waals surface area (Å²) in [6.07, 6.45) is 1.44. The highest BCUT2D eigenvalue weighted by molar-refractivity contribution is 6.08. The number of benzene rings is 1. The van der Waals surface area contributed by atoms with E-state index >= 15 is 0 Å². The fourth-order valence-corrected chi connectivity index (χ4v) is 2.37. The van der Waals surface area contributed by atoms with Crippen molar-refractivity contribution < 1.29 is 9.59 Å². The summed E-state index contributed by atoms with van der Waals surface area (Å²) in [5, 5.41) is 18.0. The van der Waals surface area contributed by atoms with Crippen LogP contribution in [-0.4, -0.2) is 60.8 Å². The minimum atomic E-state index is -0.358. The average molecular weight is 354 g/mol. The van der Waals surface area contributed by atoms with Crippen molar-refractivity contribution in [1.82, 2.24) is 34.9 Å². The number of aromatic nitrogens is 6. The highest BCUT2D eigenvalue weighted by Crippen LogP contribution is 2.22. The quantitative estimate of drug-likeness (QED) is 0.737. The third-order valence-electron chi connectivity index (χ3n) is 3.90. The van der Waals surface area contributed by atoms with Crippen LogP contribution in [0, 0.1) is 6.92 Å². The van der Waals surface area contributed by atoms with Gasteiger partial charge in [0.2, 0.25) is 0 Å². The minimum Gasteiger partial charge on any atom is -0.343 e. The molecule has 10 heteroatoms. The van der Waals surface area contributed by atoms with E-state index in [2.05, 4.69) is 25.9 Å². The molecule has 0 fully saturated rings. The number of tetrazole rings is 1. The first-order valence-electron chi connectivity index (χ1n) is 7.78. The lowest BCUT2D eigenvalue weighted by Crippen LogP contribution is -2.24. The molecule has 10 nitrogen and oxygen atoms in total. The smallest absolute Gasteiger partial charge is 0.276 e. The highest BCUT2D eigenvalue weighted by atomic mass is 16.2. The third-order valence-corrected chi connectivity index (χ3v) is 3.90. The van der Waals surface area contributed by atoms with Crippen LogP contribution in [-0.2, 0) is 7.05 Å². The van der Waals surface area contributed by atoms with E-state index in [0.717, 1.165) is 0 Å². The van der Waals surface area contributed by atoms with Crippen molar-refractivity contribution in [3.05, 3.63) is 47.5 Å². The number of hydrogen-bond donors (Lipinski definition) is 1. The van der Waals surface area contributed by atoms with Crippen molar-refractivity contribution in [3.63, 3.8) is 0 Å². The number of amides is 2. The summed E-state index contributed by atoms with van der Waals surface area (Å²) in [7, 11) is 4.98. The van der Waals surface area contributed by atoms with Gasteiger partial charge in [-0.25, -0.2) is 4.68 Å². The van der Waals surface area contributed by atoms with E-state index in [9.17, 15) is 9.59 Å². The Morgan fingerprint density at radius 1 is 1.23 bits per heavy atom. The number of nitrogens with one attached hydrogen (secondary N) is 1.